The molecule has 3 heterocycles. The molecule has 0 saturated heterocycles. The number of aromatic hydroxyl groups is 2. The number of ether oxygens (including phenoxy) is 1. The molecule has 3 aromatic rings. The zero-order valence-electron chi connectivity index (χ0n) is 8.02. The molecule has 0 spiro atoms. The van der Waals surface area contributed by atoms with E-state index in [0.717, 1.165) is 11.1 Å². The van der Waals surface area contributed by atoms with Crippen molar-refractivity contribution in [2.24, 2.45) is 0 Å². The van der Waals surface area contributed by atoms with E-state index in [0.29, 0.717) is 16.9 Å². The molecule has 0 fully saturated rings. The highest BCUT2D eigenvalue weighted by Crippen LogP contribution is 2.52. The molecule has 1 aliphatic rings. The van der Waals surface area contributed by atoms with Crippen LogP contribution in [-0.2, 0) is 0 Å². The topological polar surface area (TPSA) is 62.8 Å². The smallest absolute Gasteiger partial charge is 0.216 e. The minimum absolute atomic E-state index is 0.0133. The van der Waals surface area contributed by atoms with Gasteiger partial charge in [0.2, 0.25) is 11.5 Å². The highest BCUT2D eigenvalue weighted by Gasteiger charge is 2.27. The van der Waals surface area contributed by atoms with Crippen molar-refractivity contribution in [1.29, 1.82) is 0 Å². The van der Waals surface area contributed by atoms with Crippen molar-refractivity contribution in [1.82, 2.24) is 0 Å². The van der Waals surface area contributed by atoms with E-state index in [1.807, 2.05) is 0 Å². The number of phenolic OH excluding ortho intramolecular Hbond substituents is 2. The Labute approximate surface area is 89.6 Å². The number of rotatable bonds is 0. The third-order valence-electron chi connectivity index (χ3n) is 2.87. The number of phenols is 2. The Kier molecular flexibility index (Phi) is 1.10. The van der Waals surface area contributed by atoms with Crippen LogP contribution < -0.4 is 4.74 Å². The first-order valence-electron chi connectivity index (χ1n) is 4.83. The molecule has 2 aromatic heterocycles. The van der Waals surface area contributed by atoms with Gasteiger partial charge in [-0.3, -0.25) is 0 Å². The van der Waals surface area contributed by atoms with Crippen LogP contribution in [0.4, 0.5) is 0 Å². The van der Waals surface area contributed by atoms with E-state index in [-0.39, 0.29) is 17.2 Å². The fraction of sp³-hybridized carbons (Fsp3) is 0. The maximum absolute atomic E-state index is 9.74. The minimum atomic E-state index is -0.0133. The van der Waals surface area contributed by atoms with E-state index in [1.165, 1.54) is 0 Å². The minimum Gasteiger partial charge on any atom is -0.504 e. The third kappa shape index (κ3) is 0.725. The van der Waals surface area contributed by atoms with Crippen LogP contribution in [0.15, 0.2) is 28.7 Å². The first kappa shape index (κ1) is 7.87. The van der Waals surface area contributed by atoms with E-state index in [9.17, 15) is 10.2 Å². The predicted molar refractivity (Wildman–Crippen MR) is 56.2 cm³/mol. The Bertz CT molecular complexity index is 711. The van der Waals surface area contributed by atoms with E-state index in [2.05, 4.69) is 0 Å². The summed E-state index contributed by atoms with van der Waals surface area (Å²) in [6.07, 6.45) is 0. The third-order valence-corrected chi connectivity index (χ3v) is 2.87. The summed E-state index contributed by atoms with van der Waals surface area (Å²) >= 11 is 0. The van der Waals surface area contributed by atoms with Gasteiger partial charge in [-0.2, -0.15) is 0 Å². The summed E-state index contributed by atoms with van der Waals surface area (Å²) < 4.78 is 10.8. The first-order chi connectivity index (χ1) is 7.74. The zero-order valence-corrected chi connectivity index (χ0v) is 8.02. The Morgan fingerprint density at radius 2 is 1.94 bits per heavy atom. The fourth-order valence-electron chi connectivity index (χ4n) is 2.08. The van der Waals surface area contributed by atoms with Crippen LogP contribution in [-0.4, -0.2) is 10.2 Å². The SMILES string of the molecule is Oc1ccc2cc1Oc1c(O)c3cc-2c1o3. The molecule has 16 heavy (non-hydrogen) atoms. The highest BCUT2D eigenvalue weighted by atomic mass is 16.5. The molecule has 0 aliphatic carbocycles. The van der Waals surface area contributed by atoms with Gasteiger partial charge in [0.1, 0.15) is 0 Å². The maximum atomic E-state index is 9.74. The first-order valence-corrected chi connectivity index (χ1v) is 4.83. The summed E-state index contributed by atoms with van der Waals surface area (Å²) in [7, 11) is 0. The second-order valence-electron chi connectivity index (χ2n) is 3.82. The second kappa shape index (κ2) is 2.24. The van der Waals surface area contributed by atoms with Gasteiger partial charge in [0.05, 0.1) is 0 Å². The molecule has 2 N–H and O–H groups in total. The van der Waals surface area contributed by atoms with E-state index < -0.39 is 0 Å². The van der Waals surface area contributed by atoms with Gasteiger partial charge in [-0.05, 0) is 23.8 Å². The average molecular weight is 214 g/mol. The van der Waals surface area contributed by atoms with Gasteiger partial charge in [-0.25, -0.2) is 0 Å². The Hall–Kier alpha value is -2.36. The highest BCUT2D eigenvalue weighted by molar-refractivity contribution is 5.96. The molecule has 1 aliphatic heterocycles. The second-order valence-corrected chi connectivity index (χ2v) is 3.82. The molecule has 4 bridgehead atoms. The Morgan fingerprint density at radius 1 is 1.06 bits per heavy atom. The lowest BCUT2D eigenvalue weighted by atomic mass is 10.1. The summed E-state index contributed by atoms with van der Waals surface area (Å²) in [5.41, 5.74) is 2.71. The van der Waals surface area contributed by atoms with E-state index in [1.54, 1.807) is 24.3 Å². The molecule has 0 radical (unpaired) electrons. The van der Waals surface area contributed by atoms with Gasteiger partial charge in [0.25, 0.3) is 0 Å². The van der Waals surface area contributed by atoms with Crippen molar-refractivity contribution in [3.05, 3.63) is 24.3 Å². The van der Waals surface area contributed by atoms with Crippen molar-refractivity contribution in [2.45, 2.75) is 0 Å². The monoisotopic (exact) mass is 214 g/mol. The van der Waals surface area contributed by atoms with E-state index >= 15 is 0 Å². The number of hydrogen-bond acceptors (Lipinski definition) is 4. The van der Waals surface area contributed by atoms with Crippen LogP contribution in [0.25, 0.3) is 22.3 Å². The van der Waals surface area contributed by atoms with Crippen LogP contribution in [0.1, 0.15) is 0 Å². The normalized spacial score (nSPS) is 12.8. The molecule has 0 saturated carbocycles. The molecule has 0 atom stereocenters. The molecule has 0 amide bonds. The zero-order chi connectivity index (χ0) is 10.9. The molecule has 1 aromatic carbocycles. The Morgan fingerprint density at radius 3 is 2.75 bits per heavy atom. The standard InChI is InChI=1S/C12H6O4/c13-7-2-1-5-3-8(7)15-12-10(14)9-4-6(5)11(12)16-9/h1-4,13-14H. The van der Waals surface area contributed by atoms with Crippen molar-refractivity contribution in [2.75, 3.05) is 0 Å². The maximum Gasteiger partial charge on any atom is 0.216 e. The van der Waals surface area contributed by atoms with Crippen molar-refractivity contribution < 1.29 is 19.4 Å². The summed E-state index contributed by atoms with van der Waals surface area (Å²) in [5.74, 6) is 0.635. The fourth-order valence-corrected chi connectivity index (χ4v) is 2.08. The van der Waals surface area contributed by atoms with Crippen molar-refractivity contribution in [3.8, 4) is 34.1 Å². The molecular formula is C12H6O4. The van der Waals surface area contributed by atoms with Gasteiger partial charge in [-0.15, -0.1) is 0 Å². The largest absolute Gasteiger partial charge is 0.504 e. The number of hydrogen-bond donors (Lipinski definition) is 2. The van der Waals surface area contributed by atoms with Crippen LogP contribution >= 0.6 is 0 Å². The summed E-state index contributed by atoms with van der Waals surface area (Å²) in [6, 6.07) is 6.83. The lowest BCUT2D eigenvalue weighted by Crippen LogP contribution is -1.81. The molecule has 4 nitrogen and oxygen atoms in total. The van der Waals surface area contributed by atoms with Gasteiger partial charge in [0.15, 0.2) is 22.7 Å². The Balaban J connectivity index is 2.18. The van der Waals surface area contributed by atoms with Crippen LogP contribution in [0.2, 0.25) is 0 Å². The quantitative estimate of drug-likeness (QED) is 0.472. The number of benzene rings is 2. The molecule has 78 valence electrons. The van der Waals surface area contributed by atoms with Crippen molar-refractivity contribution in [3.63, 3.8) is 0 Å². The van der Waals surface area contributed by atoms with Gasteiger partial charge in [0, 0.05) is 5.56 Å². The van der Waals surface area contributed by atoms with Crippen LogP contribution in [0.3, 0.4) is 0 Å². The van der Waals surface area contributed by atoms with Gasteiger partial charge in [-0.1, -0.05) is 6.07 Å². The summed E-state index contributed by atoms with van der Waals surface area (Å²) in [6.45, 7) is 0. The predicted octanol–water partition coefficient (Wildman–Crippen LogP) is 3.05. The molecule has 4 heteroatoms. The van der Waals surface area contributed by atoms with Gasteiger partial charge >= 0.3 is 0 Å². The molecule has 4 rings (SSSR count). The molecular weight excluding hydrogens is 208 g/mol. The lowest BCUT2D eigenvalue weighted by molar-refractivity contribution is 0.392. The summed E-state index contributed by atoms with van der Waals surface area (Å²) in [5, 5.41) is 19.3. The van der Waals surface area contributed by atoms with E-state index in [4.69, 9.17) is 9.15 Å². The van der Waals surface area contributed by atoms with Crippen molar-refractivity contribution >= 4 is 11.2 Å². The number of furan rings is 2. The van der Waals surface area contributed by atoms with Crippen LogP contribution in [0.5, 0.6) is 23.0 Å². The summed E-state index contributed by atoms with van der Waals surface area (Å²) in [4.78, 5) is 0. The van der Waals surface area contributed by atoms with Gasteiger partial charge < -0.3 is 19.4 Å². The number of fused-ring (bicyclic) bond motifs is 4. The lowest BCUT2D eigenvalue weighted by Gasteiger charge is -2.03. The average Bonchev–Trinajstić information content (AvgIpc) is 2.79. The molecule has 0 unspecified atom stereocenters. The van der Waals surface area contributed by atoms with Crippen LogP contribution in [0, 0.1) is 0 Å².